The van der Waals surface area contributed by atoms with E-state index in [1.165, 1.54) is 0 Å². The van der Waals surface area contributed by atoms with Crippen LogP contribution in [0, 0.1) is 17.8 Å². The maximum atomic E-state index is 14.6. The number of aliphatic hydroxyl groups excluding tert-OH is 2. The Bertz CT molecular complexity index is 1640. The number of anilines is 1. The van der Waals surface area contributed by atoms with E-state index in [9.17, 15) is 24.6 Å². The lowest BCUT2D eigenvalue weighted by molar-refractivity contribution is -0.159. The Labute approximate surface area is 288 Å². The van der Waals surface area contributed by atoms with Crippen LogP contribution in [0.15, 0.2) is 65.9 Å². The molecule has 10 heteroatoms. The number of carbonyl (C=O) groups is 3. The zero-order valence-corrected chi connectivity index (χ0v) is 28.5. The first-order valence-corrected chi connectivity index (χ1v) is 17.8. The number of Topliss-reactive ketones (excluding diaryl/α,β-unsaturated/α-hetero) is 2. The lowest BCUT2D eigenvalue weighted by Gasteiger charge is -2.45. The van der Waals surface area contributed by atoms with E-state index in [1.54, 1.807) is 36.5 Å². The molecule has 0 spiro atoms. The third-order valence-electron chi connectivity index (χ3n) is 11.3. The summed E-state index contributed by atoms with van der Waals surface area (Å²) in [6.45, 7) is 4.26. The third kappa shape index (κ3) is 6.52. The summed E-state index contributed by atoms with van der Waals surface area (Å²) in [5.74, 6) is -0.634. The van der Waals surface area contributed by atoms with Crippen LogP contribution in [0.3, 0.4) is 0 Å². The number of hydrogen-bond acceptors (Lipinski definition) is 10. The van der Waals surface area contributed by atoms with Gasteiger partial charge in [0.15, 0.2) is 11.4 Å². The monoisotopic (exact) mass is 671 g/mol. The number of fused-ring (bicyclic) bond motifs is 3. The highest BCUT2D eigenvalue weighted by Gasteiger charge is 2.85. The Morgan fingerprint density at radius 1 is 1.16 bits per heavy atom. The fourth-order valence-electron chi connectivity index (χ4n) is 8.58. The van der Waals surface area contributed by atoms with Gasteiger partial charge in [-0.2, -0.15) is 0 Å². The Balaban J connectivity index is 1.32. The number of ether oxygens (including phenoxy) is 2. The molecule has 1 saturated heterocycles. The van der Waals surface area contributed by atoms with Crippen LogP contribution in [0.1, 0.15) is 91.5 Å². The number of nitrogen functional groups attached to an aromatic ring is 1. The van der Waals surface area contributed by atoms with Crippen LogP contribution in [0.25, 0.3) is 0 Å². The van der Waals surface area contributed by atoms with Crippen molar-refractivity contribution in [2.45, 2.75) is 95.0 Å². The van der Waals surface area contributed by atoms with Crippen LogP contribution >= 0.6 is 0 Å². The second-order valence-electron chi connectivity index (χ2n) is 14.2. The van der Waals surface area contributed by atoms with Gasteiger partial charge in [0.2, 0.25) is 5.78 Å². The van der Waals surface area contributed by atoms with Crippen molar-refractivity contribution in [3.8, 4) is 0 Å². The quantitative estimate of drug-likeness (QED) is 0.0971. The number of aromatic nitrogens is 1. The molecule has 0 amide bonds. The van der Waals surface area contributed by atoms with E-state index in [2.05, 4.69) is 29.4 Å². The number of pyridine rings is 1. The average molecular weight is 672 g/mol. The smallest absolute Gasteiger partial charge is 0.350 e. The largest absolute Gasteiger partial charge is 0.459 e. The van der Waals surface area contributed by atoms with Crippen LogP contribution in [0.2, 0.25) is 0 Å². The SMILES string of the molecule is CCN[C@H]1C[C@H]2C=CCC[C@H]2C[C@@H]1[C@H](CCCO)OC(=O)[C@]12O[C@@]1(C/C(CO)=C(\C)CCc1ccnc(N)c1)C(=O)c1ccccc1C2=O. The van der Waals surface area contributed by atoms with Crippen LogP contribution < -0.4 is 11.1 Å². The fraction of sp³-hybridized carbons (Fsp3) is 0.538. The normalized spacial score (nSPS) is 29.7. The minimum atomic E-state index is -2.16. The summed E-state index contributed by atoms with van der Waals surface area (Å²) in [5.41, 5.74) is 4.54. The van der Waals surface area contributed by atoms with Gasteiger partial charge in [0.1, 0.15) is 11.9 Å². The second-order valence-corrected chi connectivity index (χ2v) is 14.2. The van der Waals surface area contributed by atoms with Crippen molar-refractivity contribution in [2.75, 3.05) is 25.5 Å². The third-order valence-corrected chi connectivity index (χ3v) is 11.3. The number of rotatable bonds is 14. The van der Waals surface area contributed by atoms with Crippen molar-refractivity contribution in [2.24, 2.45) is 17.8 Å². The van der Waals surface area contributed by atoms with Gasteiger partial charge in [-0.3, -0.25) is 9.59 Å². The van der Waals surface area contributed by atoms with Crippen molar-refractivity contribution in [1.29, 1.82) is 0 Å². The van der Waals surface area contributed by atoms with Gasteiger partial charge in [-0.1, -0.05) is 48.9 Å². The summed E-state index contributed by atoms with van der Waals surface area (Å²) in [7, 11) is 0. The Kier molecular flexibility index (Phi) is 10.5. The van der Waals surface area contributed by atoms with E-state index in [0.717, 1.165) is 43.4 Å². The number of hydrogen-bond donors (Lipinski definition) is 4. The number of epoxide rings is 1. The van der Waals surface area contributed by atoms with Crippen LogP contribution in [0.4, 0.5) is 5.82 Å². The van der Waals surface area contributed by atoms with Crippen molar-refractivity contribution in [1.82, 2.24) is 10.3 Å². The second kappa shape index (κ2) is 14.6. The molecule has 1 saturated carbocycles. The van der Waals surface area contributed by atoms with Gasteiger partial charge < -0.3 is 30.7 Å². The van der Waals surface area contributed by atoms with Gasteiger partial charge in [-0.25, -0.2) is 9.78 Å². The molecular formula is C39H49N3O7. The van der Waals surface area contributed by atoms with Gasteiger partial charge in [-0.05, 0) is 99.9 Å². The van der Waals surface area contributed by atoms with Gasteiger partial charge in [0.25, 0.3) is 5.60 Å². The Hall–Kier alpha value is -3.70. The number of nitrogens with two attached hydrogens (primary N) is 1. The topological polar surface area (TPSA) is 164 Å². The molecule has 5 N–H and O–H groups in total. The predicted molar refractivity (Wildman–Crippen MR) is 185 cm³/mol. The highest BCUT2D eigenvalue weighted by molar-refractivity contribution is 6.33. The van der Waals surface area contributed by atoms with Gasteiger partial charge in [0, 0.05) is 42.3 Å². The maximum Gasteiger partial charge on any atom is 0.350 e. The number of aryl methyl sites for hydroxylation is 1. The van der Waals surface area contributed by atoms with E-state index in [1.807, 2.05) is 13.0 Å². The number of carbonyl (C=O) groups excluding carboxylic acids is 3. The van der Waals surface area contributed by atoms with Gasteiger partial charge in [-0.15, -0.1) is 0 Å². The standard InChI is InChI=1S/C39H49N3O7/c1-3-41-32-21-27-10-5-4-9-26(27)20-31(32)33(13-8-18-43)48-37(47)39-36(46)30-12-7-6-11-29(30)35(45)38(39,49-39)22-28(23-44)24(2)14-15-25-16-17-42-34(40)19-25/h5-7,10-12,16-17,19,26-27,31-33,41,43-44H,3-4,8-9,13-15,18,20-23H2,1-2H3,(H2,40,42)/b28-24-/t26-,27+,31-,32-,33-,38-,39-/m0/s1. The molecule has 0 unspecified atom stereocenters. The summed E-state index contributed by atoms with van der Waals surface area (Å²) >= 11 is 0. The Morgan fingerprint density at radius 3 is 2.65 bits per heavy atom. The summed E-state index contributed by atoms with van der Waals surface area (Å²) in [6, 6.07) is 10.2. The molecule has 2 fully saturated rings. The molecule has 1 aliphatic heterocycles. The molecule has 3 aliphatic carbocycles. The first kappa shape index (κ1) is 35.1. The molecule has 6 rings (SSSR count). The van der Waals surface area contributed by atoms with Crippen molar-refractivity contribution in [3.05, 3.63) is 82.6 Å². The van der Waals surface area contributed by atoms with Crippen LogP contribution in [0.5, 0.6) is 0 Å². The number of nitrogens with one attached hydrogen (secondary N) is 1. The number of ketones is 2. The van der Waals surface area contributed by atoms with Gasteiger partial charge >= 0.3 is 5.97 Å². The minimum absolute atomic E-state index is 0.0354. The zero-order chi connectivity index (χ0) is 34.8. The lowest BCUT2D eigenvalue weighted by Crippen LogP contribution is -2.54. The number of esters is 1. The lowest BCUT2D eigenvalue weighted by atomic mass is 9.66. The highest BCUT2D eigenvalue weighted by atomic mass is 16.7. The van der Waals surface area contributed by atoms with E-state index in [-0.39, 0.29) is 42.7 Å². The van der Waals surface area contributed by atoms with E-state index in [4.69, 9.17) is 15.2 Å². The molecular weight excluding hydrogens is 622 g/mol. The van der Waals surface area contributed by atoms with Crippen LogP contribution in [-0.2, 0) is 20.7 Å². The number of aliphatic hydroxyl groups is 2. The molecule has 2 aromatic rings. The molecule has 0 radical (unpaired) electrons. The van der Waals surface area contributed by atoms with E-state index in [0.29, 0.717) is 48.9 Å². The maximum absolute atomic E-state index is 14.6. The molecule has 1 aromatic heterocycles. The first-order chi connectivity index (χ1) is 23.7. The van der Waals surface area contributed by atoms with E-state index < -0.39 is 34.8 Å². The van der Waals surface area contributed by atoms with Crippen molar-refractivity contribution in [3.63, 3.8) is 0 Å². The number of benzene rings is 1. The highest BCUT2D eigenvalue weighted by Crippen LogP contribution is 2.60. The molecule has 1 aromatic carbocycles. The minimum Gasteiger partial charge on any atom is -0.459 e. The predicted octanol–water partition coefficient (Wildman–Crippen LogP) is 4.54. The molecule has 10 nitrogen and oxygen atoms in total. The summed E-state index contributed by atoms with van der Waals surface area (Å²) < 4.78 is 12.6. The fourth-order valence-corrected chi connectivity index (χ4v) is 8.58. The van der Waals surface area contributed by atoms with E-state index >= 15 is 0 Å². The summed E-state index contributed by atoms with van der Waals surface area (Å²) in [5, 5.41) is 24.0. The Morgan fingerprint density at radius 2 is 1.94 bits per heavy atom. The molecule has 4 aliphatic rings. The summed E-state index contributed by atoms with van der Waals surface area (Å²) in [4.78, 5) is 47.3. The van der Waals surface area contributed by atoms with Crippen LogP contribution in [-0.4, -0.2) is 75.8 Å². The molecule has 2 heterocycles. The number of allylic oxidation sites excluding steroid dienone is 3. The zero-order valence-electron chi connectivity index (χ0n) is 28.5. The van der Waals surface area contributed by atoms with Crippen molar-refractivity contribution >= 4 is 23.4 Å². The summed E-state index contributed by atoms with van der Waals surface area (Å²) in [6.07, 6.45) is 11.4. The molecule has 0 bridgehead atoms. The molecule has 49 heavy (non-hydrogen) atoms. The molecule has 7 atom stereocenters. The average Bonchev–Trinajstić information content (AvgIpc) is 3.82. The first-order valence-electron chi connectivity index (χ1n) is 17.8. The van der Waals surface area contributed by atoms with Gasteiger partial charge in [0.05, 0.1) is 6.61 Å². The molecule has 262 valence electrons. The van der Waals surface area contributed by atoms with Crippen molar-refractivity contribution < 1.29 is 34.1 Å². The number of nitrogens with zero attached hydrogens (tertiary/aromatic N) is 1.